The van der Waals surface area contributed by atoms with Crippen molar-refractivity contribution in [3.05, 3.63) is 121 Å². The summed E-state index contributed by atoms with van der Waals surface area (Å²) in [4.78, 5) is 12.2. The number of nitrogens with one attached hydrogen (secondary N) is 1. The molecule has 186 valence electrons. The zero-order valence-electron chi connectivity index (χ0n) is 21.0. The highest BCUT2D eigenvalue weighted by atomic mass is 35.5. The van der Waals surface area contributed by atoms with Gasteiger partial charge in [0.2, 0.25) is 0 Å². The van der Waals surface area contributed by atoms with E-state index in [1.54, 1.807) is 19.3 Å². The maximum Gasteiger partial charge on any atom is 0.269 e. The van der Waals surface area contributed by atoms with Crippen molar-refractivity contribution in [1.82, 2.24) is 14.3 Å². The Labute approximate surface area is 222 Å². The fraction of sp³-hybridized carbons (Fsp3) is 0.241. The molecule has 0 fully saturated rings. The molecule has 0 spiro atoms. The zero-order valence-corrected chi connectivity index (χ0v) is 22.5. The molecule has 2 heterocycles. The van der Waals surface area contributed by atoms with Crippen molar-refractivity contribution in [2.24, 2.45) is 7.05 Å². The summed E-state index contributed by atoms with van der Waals surface area (Å²) in [6, 6.07) is 17.7. The minimum absolute atomic E-state index is 0.153. The third kappa shape index (κ3) is 5.43. The lowest BCUT2D eigenvalue weighted by Gasteiger charge is -2.23. The predicted molar refractivity (Wildman–Crippen MR) is 150 cm³/mol. The summed E-state index contributed by atoms with van der Waals surface area (Å²) in [6.07, 6.45) is 2.75. The Morgan fingerprint density at radius 2 is 1.72 bits per heavy atom. The molecule has 0 radical (unpaired) electrons. The van der Waals surface area contributed by atoms with Crippen LogP contribution in [0.3, 0.4) is 0 Å². The van der Waals surface area contributed by atoms with Crippen LogP contribution in [0.15, 0.2) is 72.2 Å². The van der Waals surface area contributed by atoms with E-state index < -0.39 is 0 Å². The molecule has 5 nitrogen and oxygen atoms in total. The molecule has 7 heteroatoms. The van der Waals surface area contributed by atoms with Crippen LogP contribution >= 0.6 is 23.2 Å². The molecule has 0 aliphatic rings. The van der Waals surface area contributed by atoms with Crippen LogP contribution in [0, 0.1) is 6.92 Å². The van der Waals surface area contributed by atoms with Gasteiger partial charge < -0.3 is 9.88 Å². The molecule has 1 atom stereocenters. The van der Waals surface area contributed by atoms with Gasteiger partial charge in [-0.3, -0.25) is 9.48 Å². The number of aromatic nitrogens is 3. The third-order valence-corrected chi connectivity index (χ3v) is 6.89. The lowest BCUT2D eigenvalue weighted by Crippen LogP contribution is -2.20. The summed E-state index contributed by atoms with van der Waals surface area (Å²) in [7, 11) is 1.68. The Balaban J connectivity index is 1.83. The Morgan fingerprint density at radius 3 is 2.31 bits per heavy atom. The summed E-state index contributed by atoms with van der Waals surface area (Å²) in [5.74, 6) is 0. The van der Waals surface area contributed by atoms with Gasteiger partial charge in [-0.15, -0.1) is 0 Å². The first-order chi connectivity index (χ1) is 17.2. The van der Waals surface area contributed by atoms with E-state index >= 15 is 0 Å². The Kier molecular flexibility index (Phi) is 7.72. The molecular weight excluding hydrogens is 491 g/mol. The molecule has 0 saturated carbocycles. The van der Waals surface area contributed by atoms with Gasteiger partial charge in [-0.2, -0.15) is 5.10 Å². The lowest BCUT2D eigenvalue weighted by atomic mass is 9.94. The molecule has 4 rings (SSSR count). The monoisotopic (exact) mass is 520 g/mol. The minimum Gasteiger partial charge on any atom is -0.373 e. The maximum absolute atomic E-state index is 12.2. The van der Waals surface area contributed by atoms with E-state index in [2.05, 4.69) is 50.0 Å². The van der Waals surface area contributed by atoms with Crippen molar-refractivity contribution in [1.29, 1.82) is 0 Å². The molecule has 0 aliphatic heterocycles. The van der Waals surface area contributed by atoms with Gasteiger partial charge in [-0.1, -0.05) is 73.1 Å². The zero-order chi connectivity index (χ0) is 26.0. The van der Waals surface area contributed by atoms with Crippen LogP contribution in [-0.4, -0.2) is 14.3 Å². The van der Waals surface area contributed by atoms with Gasteiger partial charge in [0.15, 0.2) is 0 Å². The van der Waals surface area contributed by atoms with E-state index in [0.29, 0.717) is 11.6 Å². The van der Waals surface area contributed by atoms with E-state index in [1.807, 2.05) is 35.9 Å². The molecule has 0 saturated heterocycles. The fourth-order valence-electron chi connectivity index (χ4n) is 4.32. The van der Waals surface area contributed by atoms with Crippen LogP contribution in [0.4, 0.5) is 5.69 Å². The van der Waals surface area contributed by atoms with E-state index in [4.69, 9.17) is 28.3 Å². The van der Waals surface area contributed by atoms with Crippen molar-refractivity contribution in [2.75, 3.05) is 5.32 Å². The van der Waals surface area contributed by atoms with Crippen LogP contribution in [0.25, 0.3) is 5.57 Å². The smallest absolute Gasteiger partial charge is 0.269 e. The average Bonchev–Trinajstić information content (AvgIpc) is 3.18. The van der Waals surface area contributed by atoms with E-state index in [0.717, 1.165) is 40.2 Å². The number of nitrogens with zero attached hydrogens (tertiary/aromatic N) is 3. The van der Waals surface area contributed by atoms with Gasteiger partial charge in [0.25, 0.3) is 5.56 Å². The van der Waals surface area contributed by atoms with Gasteiger partial charge in [0.1, 0.15) is 5.02 Å². The van der Waals surface area contributed by atoms with Crippen molar-refractivity contribution >= 4 is 34.5 Å². The number of halogens is 2. The number of hydrogen-bond acceptors (Lipinski definition) is 3. The Hall–Kier alpha value is -3.28. The second-order valence-corrected chi connectivity index (χ2v) is 9.92. The summed E-state index contributed by atoms with van der Waals surface area (Å²) in [5.41, 5.74) is 7.70. The molecule has 2 aromatic carbocycles. The Morgan fingerprint density at radius 1 is 1.08 bits per heavy atom. The first-order valence-corrected chi connectivity index (χ1v) is 12.6. The summed E-state index contributed by atoms with van der Waals surface area (Å²) >= 11 is 12.4. The molecule has 0 bridgehead atoms. The number of pyridine rings is 1. The Bertz CT molecular complexity index is 1420. The average molecular weight is 521 g/mol. The van der Waals surface area contributed by atoms with E-state index in [-0.39, 0.29) is 16.6 Å². The number of rotatable bonds is 8. The number of benzene rings is 2. The number of aryl methyl sites for hydroxylation is 2. The van der Waals surface area contributed by atoms with Crippen LogP contribution in [0.5, 0.6) is 0 Å². The van der Waals surface area contributed by atoms with Crippen LogP contribution < -0.4 is 10.9 Å². The molecule has 0 aliphatic carbocycles. The van der Waals surface area contributed by atoms with Crippen molar-refractivity contribution in [2.45, 2.75) is 39.8 Å². The predicted octanol–water partition coefficient (Wildman–Crippen LogP) is 7.04. The molecule has 1 unspecified atom stereocenters. The number of hydrogen-bond donors (Lipinski definition) is 1. The van der Waals surface area contributed by atoms with Crippen LogP contribution in [-0.2, 0) is 20.0 Å². The SMILES string of the molecule is C=C(C)c1nn(Cc2ccc(CC)cc2)c(C)c1C(Nc1cc(Cl)c(=O)n(C)c1)c1ccc(Cl)cc1. The second kappa shape index (κ2) is 10.8. The first kappa shape index (κ1) is 25.8. The van der Waals surface area contributed by atoms with Gasteiger partial charge >= 0.3 is 0 Å². The third-order valence-electron chi connectivity index (χ3n) is 6.36. The molecule has 2 aromatic heterocycles. The second-order valence-electron chi connectivity index (χ2n) is 9.08. The highest BCUT2D eigenvalue weighted by Crippen LogP contribution is 2.35. The van der Waals surface area contributed by atoms with Crippen molar-refractivity contribution in [3.63, 3.8) is 0 Å². The summed E-state index contributed by atoms with van der Waals surface area (Å²) in [5, 5.41) is 9.37. The lowest BCUT2D eigenvalue weighted by molar-refractivity contribution is 0.660. The quantitative estimate of drug-likeness (QED) is 0.271. The molecule has 36 heavy (non-hydrogen) atoms. The fourth-order valence-corrected chi connectivity index (χ4v) is 4.70. The standard InChI is InChI=1S/C29H30Cl2N4O/c1-6-20-7-9-21(10-8-20)16-35-19(4)26(27(33-35)18(2)3)28(22-11-13-23(30)14-12-22)32-24-15-25(31)29(36)34(5)17-24/h7-15,17,28,32H,2,6,16H2,1,3-5H3. The van der Waals surface area contributed by atoms with Crippen molar-refractivity contribution < 1.29 is 0 Å². The van der Waals surface area contributed by atoms with Gasteiger partial charge in [-0.25, -0.2) is 0 Å². The maximum atomic E-state index is 12.2. The molecule has 0 amide bonds. The topological polar surface area (TPSA) is 51.9 Å². The van der Waals surface area contributed by atoms with Crippen molar-refractivity contribution in [3.8, 4) is 0 Å². The molecular formula is C29H30Cl2N4O. The molecule has 4 aromatic rings. The van der Waals surface area contributed by atoms with Crippen LogP contribution in [0.1, 0.15) is 53.5 Å². The van der Waals surface area contributed by atoms with E-state index in [9.17, 15) is 4.79 Å². The summed E-state index contributed by atoms with van der Waals surface area (Å²) in [6.45, 7) is 11.1. The largest absolute Gasteiger partial charge is 0.373 e. The van der Waals surface area contributed by atoms with Gasteiger partial charge in [-0.05, 0) is 60.7 Å². The minimum atomic E-state index is -0.279. The van der Waals surface area contributed by atoms with Gasteiger partial charge in [0, 0.05) is 29.5 Å². The number of anilines is 1. The highest BCUT2D eigenvalue weighted by molar-refractivity contribution is 6.30. The first-order valence-electron chi connectivity index (χ1n) is 11.9. The molecule has 1 N–H and O–H groups in total. The van der Waals surface area contributed by atoms with Gasteiger partial charge in [0.05, 0.1) is 24.0 Å². The summed E-state index contributed by atoms with van der Waals surface area (Å²) < 4.78 is 3.50. The highest BCUT2D eigenvalue weighted by Gasteiger charge is 2.26. The van der Waals surface area contributed by atoms with E-state index in [1.165, 1.54) is 15.7 Å². The normalized spacial score (nSPS) is 11.9. The van der Waals surface area contributed by atoms with Crippen LogP contribution in [0.2, 0.25) is 10.0 Å². The number of allylic oxidation sites excluding steroid dienone is 1.